The van der Waals surface area contributed by atoms with Crippen LogP contribution in [0.3, 0.4) is 0 Å². The van der Waals surface area contributed by atoms with Crippen molar-refractivity contribution in [3.05, 3.63) is 57.1 Å². The fraction of sp³-hybridized carbons (Fsp3) is 0.235. The molecule has 0 spiro atoms. The van der Waals surface area contributed by atoms with Gasteiger partial charge in [0.05, 0.1) is 4.92 Å². The number of nitro groups is 1. The lowest BCUT2D eigenvalue weighted by Gasteiger charge is -2.19. The first kappa shape index (κ1) is 18.7. The van der Waals surface area contributed by atoms with E-state index in [1.165, 1.54) is 6.07 Å². The average molecular weight is 408 g/mol. The van der Waals surface area contributed by atoms with Crippen molar-refractivity contribution in [1.29, 1.82) is 0 Å². The minimum absolute atomic E-state index is 0.0475. The van der Waals surface area contributed by atoms with Gasteiger partial charge in [0, 0.05) is 21.9 Å². The van der Waals surface area contributed by atoms with Crippen molar-refractivity contribution in [2.24, 2.45) is 0 Å². The van der Waals surface area contributed by atoms with E-state index in [1.807, 2.05) is 0 Å². The number of hydrogen-bond donors (Lipinski definition) is 2. The first-order chi connectivity index (χ1) is 11.6. The van der Waals surface area contributed by atoms with Gasteiger partial charge in [0.25, 0.3) is 5.69 Å². The quantitative estimate of drug-likeness (QED) is 0.519. The molecule has 0 aliphatic carbocycles. The highest BCUT2D eigenvalue weighted by Gasteiger charge is 2.17. The van der Waals surface area contributed by atoms with Crippen LogP contribution in [-0.2, 0) is 4.74 Å². The molecule has 0 radical (unpaired) electrons. The summed E-state index contributed by atoms with van der Waals surface area (Å²) >= 11 is 3.30. The van der Waals surface area contributed by atoms with Crippen molar-refractivity contribution >= 4 is 44.8 Å². The van der Waals surface area contributed by atoms with Gasteiger partial charge >= 0.3 is 6.09 Å². The maximum Gasteiger partial charge on any atom is 0.412 e. The third-order valence-electron chi connectivity index (χ3n) is 2.94. The molecule has 2 N–H and O–H groups in total. The van der Waals surface area contributed by atoms with E-state index in [9.17, 15) is 14.9 Å². The van der Waals surface area contributed by atoms with Crippen molar-refractivity contribution in [2.45, 2.75) is 26.4 Å². The number of nitrogens with zero attached hydrogens (tertiary/aromatic N) is 1. The van der Waals surface area contributed by atoms with Crippen LogP contribution >= 0.6 is 15.9 Å². The molecular weight excluding hydrogens is 390 g/mol. The van der Waals surface area contributed by atoms with Gasteiger partial charge in [-0.15, -0.1) is 0 Å². The summed E-state index contributed by atoms with van der Waals surface area (Å²) in [6, 6.07) is 11.5. The highest BCUT2D eigenvalue weighted by molar-refractivity contribution is 9.10. The minimum atomic E-state index is -0.600. The summed E-state index contributed by atoms with van der Waals surface area (Å²) in [6.07, 6.45) is -0.571. The van der Waals surface area contributed by atoms with Gasteiger partial charge in [-0.05, 0) is 51.1 Å². The van der Waals surface area contributed by atoms with Gasteiger partial charge in [0.1, 0.15) is 11.3 Å². The van der Waals surface area contributed by atoms with Gasteiger partial charge in [-0.3, -0.25) is 15.4 Å². The molecule has 0 fully saturated rings. The molecule has 0 saturated carbocycles. The Balaban J connectivity index is 2.19. The maximum absolute atomic E-state index is 11.8. The zero-order chi connectivity index (χ0) is 18.6. The van der Waals surface area contributed by atoms with E-state index >= 15 is 0 Å². The Kier molecular flexibility index (Phi) is 5.63. The summed E-state index contributed by atoms with van der Waals surface area (Å²) < 4.78 is 5.91. The second kappa shape index (κ2) is 7.52. The van der Waals surface area contributed by atoms with Gasteiger partial charge in [-0.1, -0.05) is 22.0 Å². The van der Waals surface area contributed by atoms with Crippen molar-refractivity contribution in [2.75, 3.05) is 10.6 Å². The van der Waals surface area contributed by atoms with Gasteiger partial charge in [0.2, 0.25) is 0 Å². The molecule has 0 unspecified atom stereocenters. The Bertz CT molecular complexity index is 803. The number of amides is 1. The summed E-state index contributed by atoms with van der Waals surface area (Å²) in [5, 5.41) is 16.8. The first-order valence-corrected chi connectivity index (χ1v) is 8.24. The molecule has 0 aliphatic heterocycles. The second-order valence-corrected chi connectivity index (χ2v) is 7.17. The van der Waals surface area contributed by atoms with Crippen LogP contribution in [0, 0.1) is 10.1 Å². The van der Waals surface area contributed by atoms with Crippen molar-refractivity contribution in [3.63, 3.8) is 0 Å². The van der Waals surface area contributed by atoms with Gasteiger partial charge in [0.15, 0.2) is 0 Å². The van der Waals surface area contributed by atoms with Crippen LogP contribution in [0.25, 0.3) is 0 Å². The van der Waals surface area contributed by atoms with Crippen LogP contribution in [0.1, 0.15) is 20.8 Å². The van der Waals surface area contributed by atoms with Crippen LogP contribution in [0.15, 0.2) is 46.9 Å². The van der Waals surface area contributed by atoms with E-state index < -0.39 is 16.6 Å². The van der Waals surface area contributed by atoms with Crippen LogP contribution in [0.2, 0.25) is 0 Å². The molecule has 2 aromatic rings. The third-order valence-corrected chi connectivity index (χ3v) is 3.44. The van der Waals surface area contributed by atoms with Gasteiger partial charge in [-0.2, -0.15) is 0 Å². The van der Waals surface area contributed by atoms with E-state index in [4.69, 9.17) is 4.74 Å². The van der Waals surface area contributed by atoms with E-state index in [0.29, 0.717) is 21.5 Å². The summed E-state index contributed by atoms with van der Waals surface area (Å²) in [5.41, 5.74) is 0.797. The summed E-state index contributed by atoms with van der Waals surface area (Å²) in [4.78, 5) is 22.5. The Hall–Kier alpha value is -2.61. The van der Waals surface area contributed by atoms with Crippen LogP contribution in [0.5, 0.6) is 0 Å². The number of rotatable bonds is 4. The van der Waals surface area contributed by atoms with Crippen molar-refractivity contribution in [3.8, 4) is 0 Å². The Labute approximate surface area is 153 Å². The summed E-state index contributed by atoms with van der Waals surface area (Å²) in [7, 11) is 0. The molecule has 0 atom stereocenters. The highest BCUT2D eigenvalue weighted by atomic mass is 79.9. The van der Waals surface area contributed by atoms with Crippen LogP contribution in [0.4, 0.5) is 27.5 Å². The van der Waals surface area contributed by atoms with Crippen LogP contribution < -0.4 is 10.6 Å². The van der Waals surface area contributed by atoms with E-state index in [1.54, 1.807) is 57.2 Å². The van der Waals surface area contributed by atoms with E-state index in [-0.39, 0.29) is 5.69 Å². The van der Waals surface area contributed by atoms with Crippen molar-refractivity contribution in [1.82, 2.24) is 0 Å². The van der Waals surface area contributed by atoms with E-state index in [0.717, 1.165) is 0 Å². The number of benzene rings is 2. The molecule has 25 heavy (non-hydrogen) atoms. The predicted molar refractivity (Wildman–Crippen MR) is 100 cm³/mol. The zero-order valence-corrected chi connectivity index (χ0v) is 15.6. The largest absolute Gasteiger partial charge is 0.444 e. The molecule has 0 saturated heterocycles. The number of carbonyl (C=O) groups excluding carboxylic acids is 1. The smallest absolute Gasteiger partial charge is 0.412 e. The van der Waals surface area contributed by atoms with Gasteiger partial charge in [-0.25, -0.2) is 4.79 Å². The SMILES string of the molecule is CC(C)(C)OC(=O)Nc1cccc(Nc2cc(Br)ccc2[N+](=O)[O-])c1. The normalized spacial score (nSPS) is 10.9. The molecule has 0 heterocycles. The lowest BCUT2D eigenvalue weighted by Crippen LogP contribution is -2.27. The molecule has 0 aliphatic rings. The van der Waals surface area contributed by atoms with E-state index in [2.05, 4.69) is 26.6 Å². The number of halogens is 1. The molecule has 0 bridgehead atoms. The van der Waals surface area contributed by atoms with Gasteiger partial charge < -0.3 is 10.1 Å². The molecule has 8 heteroatoms. The lowest BCUT2D eigenvalue weighted by atomic mass is 10.2. The minimum Gasteiger partial charge on any atom is -0.444 e. The topological polar surface area (TPSA) is 93.5 Å². The average Bonchev–Trinajstić information content (AvgIpc) is 2.45. The summed E-state index contributed by atoms with van der Waals surface area (Å²) in [5.74, 6) is 0. The Morgan fingerprint density at radius 3 is 2.48 bits per heavy atom. The first-order valence-electron chi connectivity index (χ1n) is 7.45. The number of anilines is 3. The van der Waals surface area contributed by atoms with Crippen molar-refractivity contribution < 1.29 is 14.5 Å². The zero-order valence-electron chi connectivity index (χ0n) is 14.0. The molecule has 1 amide bonds. The standard InChI is InChI=1S/C17H18BrN3O4/c1-17(2,3)25-16(22)20-13-6-4-5-12(10-13)19-14-9-11(18)7-8-15(14)21(23)24/h4-10,19H,1-3H3,(H,20,22). The number of nitrogens with one attached hydrogen (secondary N) is 2. The third kappa shape index (κ3) is 5.75. The molecule has 132 valence electrons. The predicted octanol–water partition coefficient (Wildman–Crippen LogP) is 5.45. The fourth-order valence-electron chi connectivity index (χ4n) is 2.02. The Morgan fingerprint density at radius 2 is 1.84 bits per heavy atom. The Morgan fingerprint density at radius 1 is 1.16 bits per heavy atom. The fourth-order valence-corrected chi connectivity index (χ4v) is 2.38. The number of nitro benzene ring substituents is 1. The number of carbonyl (C=O) groups is 1. The molecule has 2 rings (SSSR count). The van der Waals surface area contributed by atoms with Crippen LogP contribution in [-0.4, -0.2) is 16.6 Å². The molecular formula is C17H18BrN3O4. The highest BCUT2D eigenvalue weighted by Crippen LogP contribution is 2.31. The monoisotopic (exact) mass is 407 g/mol. The lowest BCUT2D eigenvalue weighted by molar-refractivity contribution is -0.383. The maximum atomic E-state index is 11.8. The second-order valence-electron chi connectivity index (χ2n) is 6.25. The molecule has 7 nitrogen and oxygen atoms in total. The summed E-state index contributed by atoms with van der Waals surface area (Å²) in [6.45, 7) is 5.32. The molecule has 0 aromatic heterocycles. The molecule has 2 aromatic carbocycles. The number of hydrogen-bond acceptors (Lipinski definition) is 5. The number of ether oxygens (including phenoxy) is 1.